The van der Waals surface area contributed by atoms with Gasteiger partial charge in [0.2, 0.25) is 5.82 Å². The molecule has 1 aromatic heterocycles. The van der Waals surface area contributed by atoms with Crippen LogP contribution in [0.4, 0.5) is 0 Å². The molecule has 0 atom stereocenters. The average molecular weight is 210 g/mol. The van der Waals surface area contributed by atoms with E-state index in [9.17, 15) is 4.79 Å². The first kappa shape index (κ1) is 11.8. The molecule has 0 N–H and O–H groups in total. The predicted molar refractivity (Wildman–Crippen MR) is 57.6 cm³/mol. The third-order valence-electron chi connectivity index (χ3n) is 2.23. The predicted octanol–water partition coefficient (Wildman–Crippen LogP) is 2.16. The summed E-state index contributed by atoms with van der Waals surface area (Å²) in [4.78, 5) is 15.4. The Labute approximate surface area is 90.3 Å². The van der Waals surface area contributed by atoms with Gasteiger partial charge in [0.15, 0.2) is 0 Å². The molecule has 0 bridgehead atoms. The summed E-state index contributed by atoms with van der Waals surface area (Å²) in [6.07, 6.45) is 7.75. The van der Waals surface area contributed by atoms with Gasteiger partial charge >= 0.3 is 5.97 Å². The molecule has 4 nitrogen and oxygen atoms in total. The third kappa shape index (κ3) is 3.73. The van der Waals surface area contributed by atoms with Crippen LogP contribution in [0.5, 0.6) is 0 Å². The molecule has 0 saturated heterocycles. The highest BCUT2D eigenvalue weighted by atomic mass is 16.5. The van der Waals surface area contributed by atoms with Gasteiger partial charge in [0.1, 0.15) is 0 Å². The Morgan fingerprint density at radius 3 is 2.87 bits per heavy atom. The number of aryl methyl sites for hydroxylation is 1. The lowest BCUT2D eigenvalue weighted by Gasteiger charge is -2.03. The molecule has 0 fully saturated rings. The summed E-state index contributed by atoms with van der Waals surface area (Å²) in [6, 6.07) is 0. The molecule has 0 spiro atoms. The zero-order valence-electron chi connectivity index (χ0n) is 9.40. The van der Waals surface area contributed by atoms with Crippen LogP contribution < -0.4 is 0 Å². The van der Waals surface area contributed by atoms with Crippen LogP contribution in [0.3, 0.4) is 0 Å². The molecule has 0 aliphatic carbocycles. The number of nitrogens with zero attached hydrogens (tertiary/aromatic N) is 2. The second kappa shape index (κ2) is 6.22. The van der Waals surface area contributed by atoms with Gasteiger partial charge in [-0.3, -0.25) is 0 Å². The van der Waals surface area contributed by atoms with Crippen LogP contribution >= 0.6 is 0 Å². The van der Waals surface area contributed by atoms with Gasteiger partial charge in [-0.25, -0.2) is 9.78 Å². The van der Waals surface area contributed by atoms with Crippen molar-refractivity contribution in [3.05, 3.63) is 18.2 Å². The van der Waals surface area contributed by atoms with Crippen molar-refractivity contribution in [2.45, 2.75) is 32.6 Å². The number of esters is 1. The van der Waals surface area contributed by atoms with Gasteiger partial charge in [0, 0.05) is 19.4 Å². The van der Waals surface area contributed by atoms with E-state index < -0.39 is 0 Å². The summed E-state index contributed by atoms with van der Waals surface area (Å²) in [5.74, 6) is 0.0319. The van der Waals surface area contributed by atoms with Crippen LogP contribution in [0.25, 0.3) is 0 Å². The smallest absolute Gasteiger partial charge is 0.374 e. The standard InChI is InChI=1S/C11H18N2O2/c1-3-4-5-6-9-15-11(14)10-12-7-8-13(10)2/h7-8H,3-6,9H2,1-2H3. The summed E-state index contributed by atoms with van der Waals surface area (Å²) in [5, 5.41) is 0. The number of carbonyl (C=O) groups is 1. The fourth-order valence-electron chi connectivity index (χ4n) is 1.32. The topological polar surface area (TPSA) is 44.1 Å². The minimum atomic E-state index is -0.334. The molecular weight excluding hydrogens is 192 g/mol. The normalized spacial score (nSPS) is 10.3. The molecule has 4 heteroatoms. The van der Waals surface area contributed by atoms with E-state index in [0.29, 0.717) is 12.4 Å². The van der Waals surface area contributed by atoms with Crippen molar-refractivity contribution in [1.82, 2.24) is 9.55 Å². The van der Waals surface area contributed by atoms with Crippen LogP contribution in [0.15, 0.2) is 12.4 Å². The molecule has 0 aliphatic rings. The number of imidazole rings is 1. The first-order chi connectivity index (χ1) is 7.25. The summed E-state index contributed by atoms with van der Waals surface area (Å²) in [7, 11) is 1.78. The van der Waals surface area contributed by atoms with Gasteiger partial charge in [0.05, 0.1) is 6.61 Å². The van der Waals surface area contributed by atoms with Crippen molar-refractivity contribution in [2.24, 2.45) is 7.05 Å². The quantitative estimate of drug-likeness (QED) is 0.534. The van der Waals surface area contributed by atoms with Gasteiger partial charge in [-0.15, -0.1) is 0 Å². The van der Waals surface area contributed by atoms with E-state index in [1.165, 1.54) is 12.8 Å². The lowest BCUT2D eigenvalue weighted by Crippen LogP contribution is -2.12. The molecule has 1 rings (SSSR count). The Kier molecular flexibility index (Phi) is 4.87. The Bertz CT molecular complexity index is 307. The molecule has 0 aliphatic heterocycles. The number of carbonyl (C=O) groups excluding carboxylic acids is 1. The minimum Gasteiger partial charge on any atom is -0.460 e. The van der Waals surface area contributed by atoms with E-state index in [1.54, 1.807) is 24.0 Å². The van der Waals surface area contributed by atoms with Crippen molar-refractivity contribution in [1.29, 1.82) is 0 Å². The van der Waals surface area contributed by atoms with Gasteiger partial charge in [-0.1, -0.05) is 26.2 Å². The Morgan fingerprint density at radius 1 is 1.47 bits per heavy atom. The number of hydrogen-bond acceptors (Lipinski definition) is 3. The van der Waals surface area contributed by atoms with Crippen LogP contribution in [0, 0.1) is 0 Å². The monoisotopic (exact) mass is 210 g/mol. The summed E-state index contributed by atoms with van der Waals surface area (Å²) < 4.78 is 6.75. The second-order valence-corrected chi connectivity index (χ2v) is 3.56. The highest BCUT2D eigenvalue weighted by molar-refractivity contribution is 5.85. The van der Waals surface area contributed by atoms with E-state index in [0.717, 1.165) is 12.8 Å². The van der Waals surface area contributed by atoms with Crippen molar-refractivity contribution in [3.8, 4) is 0 Å². The Morgan fingerprint density at radius 2 is 2.27 bits per heavy atom. The van der Waals surface area contributed by atoms with Gasteiger partial charge in [-0.2, -0.15) is 0 Å². The van der Waals surface area contributed by atoms with Crippen molar-refractivity contribution >= 4 is 5.97 Å². The van der Waals surface area contributed by atoms with Crippen LogP contribution in [-0.4, -0.2) is 22.1 Å². The van der Waals surface area contributed by atoms with Crippen molar-refractivity contribution in [3.63, 3.8) is 0 Å². The van der Waals surface area contributed by atoms with Crippen LogP contribution in [-0.2, 0) is 11.8 Å². The average Bonchev–Trinajstić information content (AvgIpc) is 2.64. The van der Waals surface area contributed by atoms with E-state index in [-0.39, 0.29) is 5.97 Å². The number of aromatic nitrogens is 2. The number of unbranched alkanes of at least 4 members (excludes halogenated alkanes) is 3. The van der Waals surface area contributed by atoms with Crippen LogP contribution in [0.1, 0.15) is 43.2 Å². The van der Waals surface area contributed by atoms with Crippen molar-refractivity contribution < 1.29 is 9.53 Å². The fourth-order valence-corrected chi connectivity index (χ4v) is 1.32. The SMILES string of the molecule is CCCCCCOC(=O)c1nccn1C. The minimum absolute atomic E-state index is 0.334. The summed E-state index contributed by atoms with van der Waals surface area (Å²) in [6.45, 7) is 2.64. The van der Waals surface area contributed by atoms with Crippen LogP contribution in [0.2, 0.25) is 0 Å². The molecule has 15 heavy (non-hydrogen) atoms. The Hall–Kier alpha value is -1.32. The summed E-state index contributed by atoms with van der Waals surface area (Å²) in [5.41, 5.74) is 0. The molecule has 0 unspecified atom stereocenters. The molecule has 0 radical (unpaired) electrons. The van der Waals surface area contributed by atoms with Crippen molar-refractivity contribution in [2.75, 3.05) is 6.61 Å². The molecule has 84 valence electrons. The van der Waals surface area contributed by atoms with Gasteiger partial charge in [-0.05, 0) is 6.42 Å². The lowest BCUT2D eigenvalue weighted by molar-refractivity contribution is 0.0479. The maximum Gasteiger partial charge on any atom is 0.374 e. The molecule has 0 amide bonds. The lowest BCUT2D eigenvalue weighted by atomic mass is 10.2. The molecule has 1 heterocycles. The molecule has 0 aromatic carbocycles. The first-order valence-corrected chi connectivity index (χ1v) is 5.40. The third-order valence-corrected chi connectivity index (χ3v) is 2.23. The summed E-state index contributed by atoms with van der Waals surface area (Å²) >= 11 is 0. The largest absolute Gasteiger partial charge is 0.460 e. The first-order valence-electron chi connectivity index (χ1n) is 5.40. The van der Waals surface area contributed by atoms with Gasteiger partial charge < -0.3 is 9.30 Å². The zero-order valence-corrected chi connectivity index (χ0v) is 9.40. The Balaban J connectivity index is 2.22. The fraction of sp³-hybridized carbons (Fsp3) is 0.636. The second-order valence-electron chi connectivity index (χ2n) is 3.56. The maximum atomic E-state index is 11.5. The van der Waals surface area contributed by atoms with E-state index >= 15 is 0 Å². The zero-order chi connectivity index (χ0) is 11.1. The van der Waals surface area contributed by atoms with Gasteiger partial charge in [0.25, 0.3) is 0 Å². The highest BCUT2D eigenvalue weighted by Gasteiger charge is 2.11. The number of hydrogen-bond donors (Lipinski definition) is 0. The van der Waals surface area contributed by atoms with E-state index in [4.69, 9.17) is 4.74 Å². The highest BCUT2D eigenvalue weighted by Crippen LogP contribution is 2.02. The number of rotatable bonds is 6. The van der Waals surface area contributed by atoms with E-state index in [2.05, 4.69) is 11.9 Å². The molecule has 0 saturated carbocycles. The molecule has 1 aromatic rings. The molecular formula is C11H18N2O2. The van der Waals surface area contributed by atoms with E-state index in [1.807, 2.05) is 0 Å². The number of ether oxygens (including phenoxy) is 1. The maximum absolute atomic E-state index is 11.5.